The first-order valence-corrected chi connectivity index (χ1v) is 8.88. The van der Waals surface area contributed by atoms with Gasteiger partial charge in [-0.1, -0.05) is 49.4 Å². The third-order valence-electron chi connectivity index (χ3n) is 4.75. The van der Waals surface area contributed by atoms with Crippen molar-refractivity contribution in [3.63, 3.8) is 0 Å². The van der Waals surface area contributed by atoms with E-state index in [0.717, 1.165) is 17.7 Å². The summed E-state index contributed by atoms with van der Waals surface area (Å²) in [4.78, 5) is 14.4. The van der Waals surface area contributed by atoms with Gasteiger partial charge in [0.25, 0.3) is 0 Å². The summed E-state index contributed by atoms with van der Waals surface area (Å²) in [6.07, 6.45) is 2.27. The van der Waals surface area contributed by atoms with Gasteiger partial charge in [-0.15, -0.1) is 0 Å². The zero-order valence-electron chi connectivity index (χ0n) is 14.7. The first-order chi connectivity index (χ1) is 12.7. The summed E-state index contributed by atoms with van der Waals surface area (Å²) in [6, 6.07) is 20.0. The number of esters is 1. The lowest BCUT2D eigenvalue weighted by Crippen LogP contribution is -2.28. The molecule has 1 aromatic heterocycles. The molecule has 4 nitrogen and oxygen atoms in total. The SMILES string of the molecule is CCc1ccc(CN(Cc2ccco2)C2OC(=O)c3ccccc32)cc1. The molecule has 0 saturated heterocycles. The quantitative estimate of drug-likeness (QED) is 0.606. The average molecular weight is 347 g/mol. The summed E-state index contributed by atoms with van der Waals surface area (Å²) in [5.41, 5.74) is 4.04. The molecule has 0 N–H and O–H groups in total. The number of furan rings is 1. The molecule has 1 aliphatic rings. The molecule has 0 aliphatic carbocycles. The Morgan fingerprint density at radius 1 is 0.923 bits per heavy atom. The van der Waals surface area contributed by atoms with E-state index in [4.69, 9.17) is 9.15 Å². The zero-order valence-corrected chi connectivity index (χ0v) is 14.7. The summed E-state index contributed by atoms with van der Waals surface area (Å²) in [5.74, 6) is 0.576. The predicted molar refractivity (Wildman–Crippen MR) is 98.4 cm³/mol. The number of carbonyl (C=O) groups is 1. The van der Waals surface area contributed by atoms with Gasteiger partial charge < -0.3 is 9.15 Å². The van der Waals surface area contributed by atoms with E-state index in [-0.39, 0.29) is 5.97 Å². The molecule has 4 heteroatoms. The Bertz CT molecular complexity index is 884. The van der Waals surface area contributed by atoms with Gasteiger partial charge in [0.1, 0.15) is 5.76 Å². The van der Waals surface area contributed by atoms with Crippen molar-refractivity contribution in [3.8, 4) is 0 Å². The van der Waals surface area contributed by atoms with Crippen molar-refractivity contribution in [3.05, 3.63) is 94.9 Å². The van der Waals surface area contributed by atoms with Crippen LogP contribution in [0.3, 0.4) is 0 Å². The molecule has 0 bridgehead atoms. The molecule has 1 atom stereocenters. The number of hydrogen-bond acceptors (Lipinski definition) is 4. The zero-order chi connectivity index (χ0) is 17.9. The van der Waals surface area contributed by atoms with Gasteiger partial charge in [0.15, 0.2) is 6.23 Å². The van der Waals surface area contributed by atoms with Crippen molar-refractivity contribution in [1.82, 2.24) is 4.90 Å². The van der Waals surface area contributed by atoms with Crippen LogP contribution in [0.2, 0.25) is 0 Å². The van der Waals surface area contributed by atoms with Crippen LogP contribution in [0.25, 0.3) is 0 Å². The fraction of sp³-hybridized carbons (Fsp3) is 0.227. The van der Waals surface area contributed by atoms with E-state index < -0.39 is 6.23 Å². The van der Waals surface area contributed by atoms with E-state index in [1.165, 1.54) is 11.1 Å². The van der Waals surface area contributed by atoms with E-state index in [0.29, 0.717) is 18.7 Å². The summed E-state index contributed by atoms with van der Waals surface area (Å²) in [6.45, 7) is 3.37. The predicted octanol–water partition coefficient (Wildman–Crippen LogP) is 4.71. The van der Waals surface area contributed by atoms with Crippen molar-refractivity contribution < 1.29 is 13.9 Å². The summed E-state index contributed by atoms with van der Waals surface area (Å²) in [7, 11) is 0. The van der Waals surface area contributed by atoms with Gasteiger partial charge in [-0.25, -0.2) is 4.79 Å². The Morgan fingerprint density at radius 2 is 1.69 bits per heavy atom. The normalized spacial score (nSPS) is 15.9. The molecule has 4 rings (SSSR count). The maximum atomic E-state index is 12.2. The second-order valence-corrected chi connectivity index (χ2v) is 6.50. The summed E-state index contributed by atoms with van der Waals surface area (Å²) >= 11 is 0. The van der Waals surface area contributed by atoms with E-state index in [1.54, 1.807) is 6.26 Å². The van der Waals surface area contributed by atoms with E-state index in [2.05, 4.69) is 36.1 Å². The molecule has 1 aliphatic heterocycles. The van der Waals surface area contributed by atoms with Crippen molar-refractivity contribution >= 4 is 5.97 Å². The molecular weight excluding hydrogens is 326 g/mol. The highest BCUT2D eigenvalue weighted by Gasteiger charge is 2.35. The Kier molecular flexibility index (Phi) is 4.59. The second kappa shape index (κ2) is 7.18. The average Bonchev–Trinajstić information content (AvgIpc) is 3.30. The highest BCUT2D eigenvalue weighted by Crippen LogP contribution is 2.35. The maximum Gasteiger partial charge on any atom is 0.340 e. The van der Waals surface area contributed by atoms with Crippen molar-refractivity contribution in [2.45, 2.75) is 32.7 Å². The minimum atomic E-state index is -0.408. The van der Waals surface area contributed by atoms with Crippen LogP contribution in [0, 0.1) is 0 Å². The van der Waals surface area contributed by atoms with Gasteiger partial charge in [-0.3, -0.25) is 4.90 Å². The Hall–Kier alpha value is -2.85. The summed E-state index contributed by atoms with van der Waals surface area (Å²) < 4.78 is 11.2. The second-order valence-electron chi connectivity index (χ2n) is 6.50. The number of cyclic esters (lactones) is 1. The molecule has 2 heterocycles. The molecule has 1 unspecified atom stereocenters. The molecule has 2 aromatic carbocycles. The molecule has 3 aromatic rings. The third-order valence-corrected chi connectivity index (χ3v) is 4.75. The maximum absolute atomic E-state index is 12.2. The smallest absolute Gasteiger partial charge is 0.340 e. The number of carbonyl (C=O) groups excluding carboxylic acids is 1. The number of hydrogen-bond donors (Lipinski definition) is 0. The van der Waals surface area contributed by atoms with Crippen LogP contribution >= 0.6 is 0 Å². The number of nitrogens with zero attached hydrogens (tertiary/aromatic N) is 1. The van der Waals surface area contributed by atoms with Crippen LogP contribution in [-0.2, 0) is 24.2 Å². The van der Waals surface area contributed by atoms with Gasteiger partial charge in [0.2, 0.25) is 0 Å². The molecule has 0 amide bonds. The van der Waals surface area contributed by atoms with Crippen LogP contribution in [0.4, 0.5) is 0 Å². The number of benzene rings is 2. The van der Waals surface area contributed by atoms with Gasteiger partial charge >= 0.3 is 5.97 Å². The number of fused-ring (bicyclic) bond motifs is 1. The third kappa shape index (κ3) is 3.28. The number of aryl methyl sites for hydroxylation is 1. The lowest BCUT2D eigenvalue weighted by molar-refractivity contribution is -0.0335. The molecular formula is C22H21NO3. The van der Waals surface area contributed by atoms with Gasteiger partial charge in [-0.05, 0) is 35.7 Å². The van der Waals surface area contributed by atoms with Gasteiger partial charge in [0.05, 0.1) is 18.4 Å². The topological polar surface area (TPSA) is 42.7 Å². The van der Waals surface area contributed by atoms with Crippen LogP contribution in [0.15, 0.2) is 71.3 Å². The minimum absolute atomic E-state index is 0.267. The van der Waals surface area contributed by atoms with Gasteiger partial charge in [-0.2, -0.15) is 0 Å². The van der Waals surface area contributed by atoms with Crippen molar-refractivity contribution in [2.75, 3.05) is 0 Å². The largest absolute Gasteiger partial charge is 0.468 e. The lowest BCUT2D eigenvalue weighted by Gasteiger charge is -2.27. The molecule has 26 heavy (non-hydrogen) atoms. The lowest BCUT2D eigenvalue weighted by atomic mass is 10.1. The highest BCUT2D eigenvalue weighted by atomic mass is 16.6. The van der Waals surface area contributed by atoms with Crippen molar-refractivity contribution in [1.29, 1.82) is 0 Å². The number of rotatable bonds is 6. The Morgan fingerprint density at radius 3 is 2.42 bits per heavy atom. The fourth-order valence-corrected chi connectivity index (χ4v) is 3.34. The highest BCUT2D eigenvalue weighted by molar-refractivity contribution is 5.93. The standard InChI is InChI=1S/C22H21NO3/c1-2-16-9-11-17(12-10-16)14-23(15-18-6-5-13-25-18)21-19-7-3-4-8-20(19)22(24)26-21/h3-13,21H,2,14-15H2,1H3. The van der Waals surface area contributed by atoms with Crippen LogP contribution in [0.1, 0.15) is 46.0 Å². The van der Waals surface area contributed by atoms with Crippen molar-refractivity contribution in [2.24, 2.45) is 0 Å². The molecule has 0 radical (unpaired) electrons. The first kappa shape index (κ1) is 16.6. The molecule has 0 fully saturated rings. The van der Waals surface area contributed by atoms with Crippen LogP contribution in [0.5, 0.6) is 0 Å². The van der Waals surface area contributed by atoms with E-state index >= 15 is 0 Å². The molecule has 0 saturated carbocycles. The Labute approximate surface area is 153 Å². The van der Waals surface area contributed by atoms with Crippen LogP contribution in [-0.4, -0.2) is 10.9 Å². The monoisotopic (exact) mass is 347 g/mol. The molecule has 132 valence electrons. The van der Waals surface area contributed by atoms with E-state index in [9.17, 15) is 4.79 Å². The summed E-state index contributed by atoms with van der Waals surface area (Å²) in [5, 5.41) is 0. The number of ether oxygens (including phenoxy) is 1. The minimum Gasteiger partial charge on any atom is -0.468 e. The van der Waals surface area contributed by atoms with Gasteiger partial charge in [0, 0.05) is 12.1 Å². The van der Waals surface area contributed by atoms with E-state index in [1.807, 2.05) is 36.4 Å². The first-order valence-electron chi connectivity index (χ1n) is 8.88. The Balaban J connectivity index is 1.63. The van der Waals surface area contributed by atoms with Crippen LogP contribution < -0.4 is 0 Å². The fourth-order valence-electron chi connectivity index (χ4n) is 3.34. The molecule has 0 spiro atoms.